The summed E-state index contributed by atoms with van der Waals surface area (Å²) in [5.41, 5.74) is 2.27. The first-order valence-corrected chi connectivity index (χ1v) is 6.12. The first-order valence-electron chi connectivity index (χ1n) is 4.67. The highest BCUT2D eigenvalue weighted by Gasteiger charge is 2.07. The molecule has 74 valence electrons. The monoisotopic (exact) mass is 319 g/mol. The molecule has 0 spiro atoms. The first-order chi connectivity index (χ1) is 6.77. The number of benzene rings is 1. The molecule has 0 aromatic heterocycles. The summed E-state index contributed by atoms with van der Waals surface area (Å²) in [4.78, 5) is 0. The van der Waals surface area contributed by atoms with Crippen LogP contribution in [0.25, 0.3) is 6.08 Å². The lowest BCUT2D eigenvalue weighted by Gasteiger charge is -2.14. The zero-order chi connectivity index (χ0) is 9.97. The molecule has 0 aliphatic carbocycles. The highest BCUT2D eigenvalue weighted by Crippen LogP contribution is 2.30. The molecule has 14 heavy (non-hydrogen) atoms. The Labute approximate surface area is 103 Å². The lowest BCUT2D eigenvalue weighted by Crippen LogP contribution is -2.05. The van der Waals surface area contributed by atoms with Crippen LogP contribution in [0.5, 0.6) is 0 Å². The topological polar surface area (TPSA) is 12.0 Å². The van der Waals surface area contributed by atoms with E-state index in [1.54, 1.807) is 0 Å². The van der Waals surface area contributed by atoms with E-state index >= 15 is 0 Å². The van der Waals surface area contributed by atoms with Crippen molar-refractivity contribution < 1.29 is 0 Å². The average molecular weight is 320 g/mol. The summed E-state index contributed by atoms with van der Waals surface area (Å²) < 4.78 is 1.18. The number of allylic oxidation sites excluding steroid dienone is 1. The van der Waals surface area contributed by atoms with Crippen molar-refractivity contribution >= 4 is 46.0 Å². The minimum absolute atomic E-state index is 0.818. The SMILES string of the molecule is Clc1cc(I)cc2c1NCCCC=C2. The van der Waals surface area contributed by atoms with E-state index in [9.17, 15) is 0 Å². The fourth-order valence-electron chi connectivity index (χ4n) is 1.56. The van der Waals surface area contributed by atoms with Crippen LogP contribution >= 0.6 is 34.2 Å². The van der Waals surface area contributed by atoms with Gasteiger partial charge in [-0.1, -0.05) is 23.8 Å². The lowest BCUT2D eigenvalue weighted by molar-refractivity contribution is 0.887. The summed E-state index contributed by atoms with van der Waals surface area (Å²) in [5, 5.41) is 4.19. The molecule has 1 aromatic rings. The van der Waals surface area contributed by atoms with Crippen LogP contribution in [0.3, 0.4) is 0 Å². The average Bonchev–Trinajstić information content (AvgIpc) is 2.07. The molecule has 0 radical (unpaired) electrons. The molecule has 1 aromatic carbocycles. The number of halogens is 2. The molecule has 0 amide bonds. The van der Waals surface area contributed by atoms with Gasteiger partial charge in [0.05, 0.1) is 10.7 Å². The molecule has 0 atom stereocenters. The molecule has 0 bridgehead atoms. The molecule has 0 saturated carbocycles. The number of hydrogen-bond acceptors (Lipinski definition) is 1. The van der Waals surface area contributed by atoms with E-state index in [-0.39, 0.29) is 0 Å². The van der Waals surface area contributed by atoms with Crippen LogP contribution in [0.1, 0.15) is 18.4 Å². The Bertz CT molecular complexity index is 374. The highest BCUT2D eigenvalue weighted by atomic mass is 127. The molecule has 0 fully saturated rings. The molecule has 1 aliphatic rings. The largest absolute Gasteiger partial charge is 0.383 e. The Morgan fingerprint density at radius 2 is 2.21 bits per heavy atom. The van der Waals surface area contributed by atoms with Crippen molar-refractivity contribution in [2.24, 2.45) is 0 Å². The number of hydrogen-bond donors (Lipinski definition) is 1. The Kier molecular flexibility index (Phi) is 3.34. The molecule has 1 aliphatic heterocycles. The summed E-state index contributed by atoms with van der Waals surface area (Å²) in [6, 6.07) is 4.14. The first kappa shape index (κ1) is 10.3. The summed E-state index contributed by atoms with van der Waals surface area (Å²) in [5.74, 6) is 0. The third kappa shape index (κ3) is 2.23. The third-order valence-electron chi connectivity index (χ3n) is 2.23. The van der Waals surface area contributed by atoms with Crippen molar-refractivity contribution in [1.82, 2.24) is 0 Å². The van der Waals surface area contributed by atoms with Gasteiger partial charge in [-0.05, 0) is 53.1 Å². The second-order valence-electron chi connectivity index (χ2n) is 3.32. The number of rotatable bonds is 0. The Balaban J connectivity index is 2.50. The molecular formula is C11H11ClIN. The van der Waals surface area contributed by atoms with Gasteiger partial charge in [0, 0.05) is 10.1 Å². The van der Waals surface area contributed by atoms with E-state index in [4.69, 9.17) is 11.6 Å². The van der Waals surface area contributed by atoms with Crippen LogP contribution in [0.2, 0.25) is 5.02 Å². The molecule has 0 saturated heterocycles. The van der Waals surface area contributed by atoms with Crippen LogP contribution < -0.4 is 5.32 Å². The summed E-state index contributed by atoms with van der Waals surface area (Å²) in [6.45, 7) is 0.998. The van der Waals surface area contributed by atoms with E-state index in [1.807, 2.05) is 6.07 Å². The van der Waals surface area contributed by atoms with Crippen molar-refractivity contribution in [2.45, 2.75) is 12.8 Å². The quantitative estimate of drug-likeness (QED) is 0.708. The van der Waals surface area contributed by atoms with Gasteiger partial charge < -0.3 is 5.32 Å². The van der Waals surface area contributed by atoms with Crippen LogP contribution in [-0.4, -0.2) is 6.54 Å². The molecule has 0 unspecified atom stereocenters. The van der Waals surface area contributed by atoms with Gasteiger partial charge in [0.25, 0.3) is 0 Å². The molecular weight excluding hydrogens is 308 g/mol. The van der Waals surface area contributed by atoms with Gasteiger partial charge in [-0.15, -0.1) is 0 Å². The summed E-state index contributed by atoms with van der Waals surface area (Å²) >= 11 is 8.46. The predicted molar refractivity (Wildman–Crippen MR) is 70.9 cm³/mol. The normalized spacial score (nSPS) is 15.3. The van der Waals surface area contributed by atoms with Crippen molar-refractivity contribution in [3.8, 4) is 0 Å². The number of anilines is 1. The van der Waals surface area contributed by atoms with Crippen LogP contribution in [-0.2, 0) is 0 Å². The van der Waals surface area contributed by atoms with Crippen molar-refractivity contribution in [1.29, 1.82) is 0 Å². The Morgan fingerprint density at radius 3 is 3.07 bits per heavy atom. The van der Waals surface area contributed by atoms with E-state index in [2.05, 4.69) is 46.1 Å². The Hall–Kier alpha value is -0.220. The Morgan fingerprint density at radius 1 is 1.36 bits per heavy atom. The summed E-state index contributed by atoms with van der Waals surface area (Å²) in [7, 11) is 0. The number of nitrogens with one attached hydrogen (secondary N) is 1. The molecule has 1 heterocycles. The standard InChI is InChI=1S/C11H11ClIN/c12-10-7-9(13)6-8-4-2-1-3-5-14-11(8)10/h2,4,6-7,14H,1,3,5H2. The van der Waals surface area contributed by atoms with Gasteiger partial charge in [-0.2, -0.15) is 0 Å². The van der Waals surface area contributed by atoms with Crippen LogP contribution in [0, 0.1) is 3.57 Å². The zero-order valence-corrected chi connectivity index (χ0v) is 10.6. The maximum atomic E-state index is 6.17. The smallest absolute Gasteiger partial charge is 0.0654 e. The van der Waals surface area contributed by atoms with Gasteiger partial charge in [0.2, 0.25) is 0 Å². The minimum atomic E-state index is 0.818. The van der Waals surface area contributed by atoms with E-state index < -0.39 is 0 Å². The zero-order valence-electron chi connectivity index (χ0n) is 7.69. The van der Waals surface area contributed by atoms with Crippen LogP contribution in [0.15, 0.2) is 18.2 Å². The fourth-order valence-corrected chi connectivity index (χ4v) is 2.68. The van der Waals surface area contributed by atoms with E-state index in [1.165, 1.54) is 9.13 Å². The van der Waals surface area contributed by atoms with Gasteiger partial charge in [-0.25, -0.2) is 0 Å². The third-order valence-corrected chi connectivity index (χ3v) is 3.15. The fraction of sp³-hybridized carbons (Fsp3) is 0.273. The number of fused-ring (bicyclic) bond motifs is 1. The van der Waals surface area contributed by atoms with Gasteiger partial charge in [0.15, 0.2) is 0 Å². The molecule has 3 heteroatoms. The van der Waals surface area contributed by atoms with Crippen molar-refractivity contribution in [3.05, 3.63) is 32.4 Å². The summed E-state index contributed by atoms with van der Waals surface area (Å²) in [6.07, 6.45) is 6.66. The molecule has 1 nitrogen and oxygen atoms in total. The van der Waals surface area contributed by atoms with Gasteiger partial charge >= 0.3 is 0 Å². The van der Waals surface area contributed by atoms with Gasteiger partial charge in [-0.3, -0.25) is 0 Å². The molecule has 1 N–H and O–H groups in total. The van der Waals surface area contributed by atoms with Crippen LogP contribution in [0.4, 0.5) is 5.69 Å². The maximum absolute atomic E-state index is 6.17. The highest BCUT2D eigenvalue weighted by molar-refractivity contribution is 14.1. The molecule has 2 rings (SSSR count). The maximum Gasteiger partial charge on any atom is 0.0654 e. The van der Waals surface area contributed by atoms with E-state index in [0.717, 1.165) is 30.1 Å². The van der Waals surface area contributed by atoms with Crippen molar-refractivity contribution in [3.63, 3.8) is 0 Å². The predicted octanol–water partition coefficient (Wildman–Crippen LogP) is 4.16. The van der Waals surface area contributed by atoms with Crippen molar-refractivity contribution in [2.75, 3.05) is 11.9 Å². The van der Waals surface area contributed by atoms with E-state index in [0.29, 0.717) is 0 Å². The second-order valence-corrected chi connectivity index (χ2v) is 4.98. The minimum Gasteiger partial charge on any atom is -0.383 e. The van der Waals surface area contributed by atoms with Gasteiger partial charge in [0.1, 0.15) is 0 Å². The second kappa shape index (κ2) is 4.53. The lowest BCUT2D eigenvalue weighted by atomic mass is 10.1.